The molecule has 6 heteroatoms. The van der Waals surface area contributed by atoms with Crippen molar-refractivity contribution < 1.29 is 4.79 Å². The minimum absolute atomic E-state index is 0.331. The molecule has 1 heterocycles. The Morgan fingerprint density at radius 1 is 0.821 bits per heavy atom. The fraction of sp³-hybridized carbons (Fsp3) is 0. The van der Waals surface area contributed by atoms with Gasteiger partial charge in [-0.15, -0.1) is 11.3 Å². The molecule has 0 unspecified atom stereocenters. The third-order valence-corrected chi connectivity index (χ3v) is 5.15. The van der Waals surface area contributed by atoms with E-state index < -0.39 is 0 Å². The SMILES string of the molecule is O=C(Nc1cccc(Cl)c1)Nc1cccc(-c2csc(-c3ccccc3)n2)c1. The highest BCUT2D eigenvalue weighted by atomic mass is 35.5. The number of rotatable bonds is 4. The molecule has 0 bridgehead atoms. The lowest BCUT2D eigenvalue weighted by molar-refractivity contribution is 0.262. The topological polar surface area (TPSA) is 54.0 Å². The van der Waals surface area contributed by atoms with Gasteiger partial charge in [-0.25, -0.2) is 9.78 Å². The number of aromatic nitrogens is 1. The normalized spacial score (nSPS) is 10.5. The van der Waals surface area contributed by atoms with Crippen LogP contribution in [0.3, 0.4) is 0 Å². The van der Waals surface area contributed by atoms with Gasteiger partial charge in [-0.3, -0.25) is 0 Å². The molecule has 0 spiro atoms. The highest BCUT2D eigenvalue weighted by Crippen LogP contribution is 2.29. The molecule has 0 aliphatic rings. The van der Waals surface area contributed by atoms with E-state index >= 15 is 0 Å². The van der Waals surface area contributed by atoms with Crippen molar-refractivity contribution in [2.75, 3.05) is 10.6 Å². The van der Waals surface area contributed by atoms with Crippen molar-refractivity contribution in [1.29, 1.82) is 0 Å². The van der Waals surface area contributed by atoms with Crippen molar-refractivity contribution in [2.24, 2.45) is 0 Å². The average Bonchev–Trinajstić information content (AvgIpc) is 3.19. The van der Waals surface area contributed by atoms with E-state index in [9.17, 15) is 4.79 Å². The largest absolute Gasteiger partial charge is 0.323 e. The lowest BCUT2D eigenvalue weighted by Crippen LogP contribution is -2.19. The Hall–Kier alpha value is -3.15. The highest BCUT2D eigenvalue weighted by Gasteiger charge is 2.08. The van der Waals surface area contributed by atoms with Gasteiger partial charge in [-0.05, 0) is 30.3 Å². The maximum atomic E-state index is 12.3. The van der Waals surface area contributed by atoms with Crippen molar-refractivity contribution in [3.63, 3.8) is 0 Å². The number of halogens is 1. The number of hydrogen-bond acceptors (Lipinski definition) is 3. The zero-order valence-electron chi connectivity index (χ0n) is 14.7. The van der Waals surface area contributed by atoms with Crippen molar-refractivity contribution >= 4 is 40.3 Å². The van der Waals surface area contributed by atoms with Crippen molar-refractivity contribution in [2.45, 2.75) is 0 Å². The molecular weight excluding hydrogens is 390 g/mol. The Morgan fingerprint density at radius 3 is 2.25 bits per heavy atom. The van der Waals surface area contributed by atoms with Gasteiger partial charge >= 0.3 is 6.03 Å². The van der Waals surface area contributed by atoms with Crippen LogP contribution in [0.5, 0.6) is 0 Å². The van der Waals surface area contributed by atoms with Gasteiger partial charge in [0.25, 0.3) is 0 Å². The molecule has 0 fully saturated rings. The smallest absolute Gasteiger partial charge is 0.308 e. The second-order valence-corrected chi connectivity index (χ2v) is 7.37. The van der Waals surface area contributed by atoms with Gasteiger partial charge in [-0.2, -0.15) is 0 Å². The Labute approximate surface area is 171 Å². The van der Waals surface area contributed by atoms with Gasteiger partial charge in [0.15, 0.2) is 0 Å². The summed E-state index contributed by atoms with van der Waals surface area (Å²) < 4.78 is 0. The second kappa shape index (κ2) is 8.25. The van der Waals surface area contributed by atoms with Crippen LogP contribution in [0.2, 0.25) is 5.02 Å². The van der Waals surface area contributed by atoms with Gasteiger partial charge < -0.3 is 10.6 Å². The maximum absolute atomic E-state index is 12.3. The number of anilines is 2. The number of benzene rings is 3. The summed E-state index contributed by atoms with van der Waals surface area (Å²) in [7, 11) is 0. The summed E-state index contributed by atoms with van der Waals surface area (Å²) in [5, 5.41) is 9.16. The number of hydrogen-bond donors (Lipinski definition) is 2. The molecule has 28 heavy (non-hydrogen) atoms. The lowest BCUT2D eigenvalue weighted by atomic mass is 10.1. The van der Waals surface area contributed by atoms with Crippen molar-refractivity contribution in [1.82, 2.24) is 4.98 Å². The molecule has 4 aromatic rings. The zero-order valence-corrected chi connectivity index (χ0v) is 16.3. The van der Waals surface area contributed by atoms with Gasteiger partial charge in [0.1, 0.15) is 5.01 Å². The third kappa shape index (κ3) is 4.39. The van der Waals surface area contributed by atoms with Crippen LogP contribution < -0.4 is 10.6 Å². The van der Waals surface area contributed by atoms with Crippen molar-refractivity contribution in [3.05, 3.63) is 89.3 Å². The van der Waals surface area contributed by atoms with Gasteiger partial charge in [-0.1, -0.05) is 60.1 Å². The Kier molecular flexibility index (Phi) is 5.37. The van der Waals surface area contributed by atoms with Crippen LogP contribution >= 0.6 is 22.9 Å². The highest BCUT2D eigenvalue weighted by molar-refractivity contribution is 7.13. The first kappa shape index (κ1) is 18.2. The molecule has 0 aliphatic carbocycles. The summed E-state index contributed by atoms with van der Waals surface area (Å²) in [6.07, 6.45) is 0. The van der Waals surface area contributed by atoms with Crippen LogP contribution in [-0.2, 0) is 0 Å². The predicted molar refractivity (Wildman–Crippen MR) is 117 cm³/mol. The van der Waals surface area contributed by atoms with E-state index in [-0.39, 0.29) is 6.03 Å². The second-order valence-electron chi connectivity index (χ2n) is 6.07. The number of amides is 2. The molecule has 2 N–H and O–H groups in total. The van der Waals surface area contributed by atoms with E-state index in [2.05, 4.69) is 10.6 Å². The summed E-state index contributed by atoms with van der Waals surface area (Å²) in [4.78, 5) is 17.0. The minimum atomic E-state index is -0.331. The maximum Gasteiger partial charge on any atom is 0.323 e. The van der Waals surface area contributed by atoms with Crippen LogP contribution in [0.15, 0.2) is 84.2 Å². The van der Waals surface area contributed by atoms with E-state index in [1.165, 1.54) is 0 Å². The van der Waals surface area contributed by atoms with Crippen LogP contribution in [-0.4, -0.2) is 11.0 Å². The molecule has 0 saturated heterocycles. The number of thiazole rings is 1. The molecule has 1 aromatic heterocycles. The van der Waals surface area contributed by atoms with Crippen LogP contribution in [0.25, 0.3) is 21.8 Å². The zero-order chi connectivity index (χ0) is 19.3. The standard InChI is InChI=1S/C22H16ClN3OS/c23-17-9-5-11-19(13-17)25-22(27)24-18-10-4-8-16(12-18)20-14-28-21(26-20)15-6-2-1-3-7-15/h1-14H,(H2,24,25,27). The van der Waals surface area contributed by atoms with E-state index in [0.29, 0.717) is 16.4 Å². The molecule has 3 aromatic carbocycles. The lowest BCUT2D eigenvalue weighted by Gasteiger charge is -2.09. The summed E-state index contributed by atoms with van der Waals surface area (Å²) >= 11 is 7.54. The number of nitrogens with zero attached hydrogens (tertiary/aromatic N) is 1. The molecule has 0 radical (unpaired) electrons. The monoisotopic (exact) mass is 405 g/mol. The van der Waals surface area contributed by atoms with Crippen LogP contribution in [0.4, 0.5) is 16.2 Å². The third-order valence-electron chi connectivity index (χ3n) is 4.02. The van der Waals surface area contributed by atoms with E-state index in [1.807, 2.05) is 60.0 Å². The number of nitrogens with one attached hydrogen (secondary N) is 2. The van der Waals surface area contributed by atoms with E-state index in [0.717, 1.165) is 21.8 Å². The number of urea groups is 1. The predicted octanol–water partition coefficient (Wildman–Crippen LogP) is 6.77. The van der Waals surface area contributed by atoms with Gasteiger partial charge in [0.2, 0.25) is 0 Å². The molecular formula is C22H16ClN3OS. The van der Waals surface area contributed by atoms with E-state index in [4.69, 9.17) is 16.6 Å². The number of carbonyl (C=O) groups excluding carboxylic acids is 1. The summed E-state index contributed by atoms with van der Waals surface area (Å²) in [6, 6.07) is 24.4. The number of carbonyl (C=O) groups is 1. The molecule has 0 saturated carbocycles. The summed E-state index contributed by atoms with van der Waals surface area (Å²) in [6.45, 7) is 0. The minimum Gasteiger partial charge on any atom is -0.308 e. The first-order valence-electron chi connectivity index (χ1n) is 8.62. The van der Waals surface area contributed by atoms with E-state index in [1.54, 1.807) is 35.6 Å². The summed E-state index contributed by atoms with van der Waals surface area (Å²) in [5.74, 6) is 0. The fourth-order valence-electron chi connectivity index (χ4n) is 2.74. The summed E-state index contributed by atoms with van der Waals surface area (Å²) in [5.41, 5.74) is 4.23. The average molecular weight is 406 g/mol. The van der Waals surface area contributed by atoms with Gasteiger partial charge in [0.05, 0.1) is 5.69 Å². The Morgan fingerprint density at radius 2 is 1.50 bits per heavy atom. The molecule has 4 nitrogen and oxygen atoms in total. The first-order chi connectivity index (χ1) is 13.7. The molecule has 2 amide bonds. The van der Waals surface area contributed by atoms with Crippen molar-refractivity contribution in [3.8, 4) is 21.8 Å². The first-order valence-corrected chi connectivity index (χ1v) is 9.88. The molecule has 0 atom stereocenters. The molecule has 0 aliphatic heterocycles. The van der Waals surface area contributed by atoms with Crippen LogP contribution in [0.1, 0.15) is 0 Å². The molecule has 4 rings (SSSR count). The van der Waals surface area contributed by atoms with Gasteiger partial charge in [0, 0.05) is 32.9 Å². The Bertz CT molecular complexity index is 1110. The Balaban J connectivity index is 1.49. The molecule has 138 valence electrons. The fourth-order valence-corrected chi connectivity index (χ4v) is 3.76. The van der Waals surface area contributed by atoms with Crippen LogP contribution in [0, 0.1) is 0 Å². The quantitative estimate of drug-likeness (QED) is 0.393.